The number of hydrogen-bond acceptors (Lipinski definition) is 5. The van der Waals surface area contributed by atoms with Gasteiger partial charge in [0.2, 0.25) is 0 Å². The number of halogens is 1. The first kappa shape index (κ1) is 19.7. The van der Waals surface area contributed by atoms with Gasteiger partial charge in [0.15, 0.2) is 0 Å². The largest absolute Gasteiger partial charge is 0.489 e. The first-order valence-electron chi connectivity index (χ1n) is 9.69. The van der Waals surface area contributed by atoms with Gasteiger partial charge in [-0.05, 0) is 54.3 Å². The lowest BCUT2D eigenvalue weighted by Crippen LogP contribution is -2.47. The normalized spacial score (nSPS) is 18.2. The molecule has 2 fully saturated rings. The highest BCUT2D eigenvalue weighted by Gasteiger charge is 2.46. The third-order valence-corrected chi connectivity index (χ3v) is 5.63. The lowest BCUT2D eigenvalue weighted by atomic mass is 9.93. The van der Waals surface area contributed by atoms with Crippen molar-refractivity contribution in [2.24, 2.45) is 0 Å². The molecule has 29 heavy (non-hydrogen) atoms. The Labute approximate surface area is 177 Å². The highest BCUT2D eigenvalue weighted by molar-refractivity contribution is 9.10. The smallest absolute Gasteiger partial charge is 0.348 e. The van der Waals surface area contributed by atoms with E-state index in [-0.39, 0.29) is 5.57 Å². The summed E-state index contributed by atoms with van der Waals surface area (Å²) in [5.74, 6) is -1.67. The van der Waals surface area contributed by atoms with Gasteiger partial charge in [-0.15, -0.1) is 0 Å². The molecular weight excluding hydrogens is 436 g/mol. The Kier molecular flexibility index (Phi) is 5.72. The molecule has 0 atom stereocenters. The Morgan fingerprint density at radius 2 is 1.66 bits per heavy atom. The Hall–Kier alpha value is -2.60. The molecule has 5 nitrogen and oxygen atoms in total. The van der Waals surface area contributed by atoms with Gasteiger partial charge in [0.05, 0.1) is 0 Å². The van der Waals surface area contributed by atoms with Crippen LogP contribution >= 0.6 is 15.9 Å². The third kappa shape index (κ3) is 4.70. The van der Waals surface area contributed by atoms with E-state index in [9.17, 15) is 9.59 Å². The molecule has 2 aliphatic rings. The number of esters is 2. The van der Waals surface area contributed by atoms with Crippen LogP contribution in [0.4, 0.5) is 0 Å². The maximum absolute atomic E-state index is 12.5. The molecule has 1 spiro atoms. The Bertz CT molecular complexity index is 920. The van der Waals surface area contributed by atoms with Gasteiger partial charge in [-0.3, -0.25) is 0 Å². The van der Waals surface area contributed by atoms with Crippen LogP contribution in [0.3, 0.4) is 0 Å². The molecular formula is C23H21BrO5. The summed E-state index contributed by atoms with van der Waals surface area (Å²) in [5.41, 5.74) is 1.61. The van der Waals surface area contributed by atoms with Crippen molar-refractivity contribution >= 4 is 33.9 Å². The minimum Gasteiger partial charge on any atom is -0.489 e. The zero-order valence-electron chi connectivity index (χ0n) is 15.9. The molecule has 0 N–H and O–H groups in total. The van der Waals surface area contributed by atoms with E-state index in [4.69, 9.17) is 14.2 Å². The van der Waals surface area contributed by atoms with Crippen molar-refractivity contribution in [1.82, 2.24) is 0 Å². The van der Waals surface area contributed by atoms with Crippen molar-refractivity contribution in [3.8, 4) is 5.75 Å². The van der Waals surface area contributed by atoms with Crippen molar-refractivity contribution in [3.05, 3.63) is 69.7 Å². The van der Waals surface area contributed by atoms with Crippen molar-refractivity contribution < 1.29 is 23.8 Å². The molecule has 1 aliphatic heterocycles. The topological polar surface area (TPSA) is 61.8 Å². The lowest BCUT2D eigenvalue weighted by molar-refractivity contribution is -0.244. The molecule has 2 aromatic rings. The fourth-order valence-corrected chi connectivity index (χ4v) is 3.84. The van der Waals surface area contributed by atoms with Crippen molar-refractivity contribution in [3.63, 3.8) is 0 Å². The zero-order chi connectivity index (χ0) is 20.3. The summed E-state index contributed by atoms with van der Waals surface area (Å²) in [6, 6.07) is 15.1. The second kappa shape index (κ2) is 8.41. The highest BCUT2D eigenvalue weighted by atomic mass is 79.9. The SMILES string of the molecule is O=C1OC2(CCCCC2)OC(=O)C1=Cc1cccc(OCc2ccc(Br)cc2)c1. The second-order valence-corrected chi connectivity index (χ2v) is 8.21. The quantitative estimate of drug-likeness (QED) is 0.360. The predicted octanol–water partition coefficient (Wildman–Crippen LogP) is 5.17. The minimum absolute atomic E-state index is 0.0914. The van der Waals surface area contributed by atoms with Crippen LogP contribution in [0.2, 0.25) is 0 Å². The Balaban J connectivity index is 1.46. The van der Waals surface area contributed by atoms with E-state index < -0.39 is 17.7 Å². The molecule has 0 bridgehead atoms. The second-order valence-electron chi connectivity index (χ2n) is 7.30. The molecule has 0 unspecified atom stereocenters. The molecule has 2 aromatic carbocycles. The van der Waals surface area contributed by atoms with Crippen LogP contribution < -0.4 is 4.74 Å². The van der Waals surface area contributed by atoms with E-state index in [0.717, 1.165) is 29.3 Å². The van der Waals surface area contributed by atoms with E-state index in [1.165, 1.54) is 6.08 Å². The average molecular weight is 457 g/mol. The van der Waals surface area contributed by atoms with Gasteiger partial charge < -0.3 is 14.2 Å². The summed E-state index contributed by atoms with van der Waals surface area (Å²) >= 11 is 3.41. The fraction of sp³-hybridized carbons (Fsp3) is 0.304. The molecule has 1 saturated heterocycles. The number of ether oxygens (including phenoxy) is 3. The lowest BCUT2D eigenvalue weighted by Gasteiger charge is -2.38. The molecule has 150 valence electrons. The zero-order valence-corrected chi connectivity index (χ0v) is 17.4. The van der Waals surface area contributed by atoms with Crippen molar-refractivity contribution in [2.75, 3.05) is 0 Å². The average Bonchev–Trinajstić information content (AvgIpc) is 2.71. The van der Waals surface area contributed by atoms with Crippen LogP contribution in [-0.4, -0.2) is 17.7 Å². The van der Waals surface area contributed by atoms with E-state index >= 15 is 0 Å². The molecule has 4 rings (SSSR count). The monoisotopic (exact) mass is 456 g/mol. The summed E-state index contributed by atoms with van der Waals surface area (Å²) in [6.45, 7) is 0.417. The summed E-state index contributed by atoms with van der Waals surface area (Å²) in [6.07, 6.45) is 5.46. The standard InChI is InChI=1S/C23H21BrO5/c24-18-9-7-16(8-10-18)15-27-19-6-4-5-17(13-19)14-20-21(25)28-23(29-22(20)26)11-2-1-3-12-23/h4-10,13-14H,1-3,11-12,15H2. The van der Waals surface area contributed by atoms with E-state index in [0.29, 0.717) is 30.8 Å². The number of hydrogen-bond donors (Lipinski definition) is 0. The van der Waals surface area contributed by atoms with E-state index in [2.05, 4.69) is 15.9 Å². The molecule has 0 amide bonds. The van der Waals surface area contributed by atoms with Crippen LogP contribution in [0, 0.1) is 0 Å². The van der Waals surface area contributed by atoms with Crippen LogP contribution in [-0.2, 0) is 25.7 Å². The predicted molar refractivity (Wildman–Crippen MR) is 111 cm³/mol. The fourth-order valence-electron chi connectivity index (χ4n) is 3.57. The van der Waals surface area contributed by atoms with Gasteiger partial charge in [0, 0.05) is 17.3 Å². The number of carbonyl (C=O) groups excluding carboxylic acids is 2. The van der Waals surface area contributed by atoms with E-state index in [1.54, 1.807) is 12.1 Å². The molecule has 0 radical (unpaired) electrons. The van der Waals surface area contributed by atoms with Crippen LogP contribution in [0.5, 0.6) is 5.75 Å². The van der Waals surface area contributed by atoms with E-state index in [1.807, 2.05) is 36.4 Å². The van der Waals surface area contributed by atoms with Crippen LogP contribution in [0.25, 0.3) is 6.08 Å². The molecule has 0 aromatic heterocycles. The number of rotatable bonds is 4. The summed E-state index contributed by atoms with van der Waals surface area (Å²) in [5, 5.41) is 0. The first-order chi connectivity index (χ1) is 14.0. The molecule has 1 saturated carbocycles. The van der Waals surface area contributed by atoms with Gasteiger partial charge in [-0.25, -0.2) is 9.59 Å². The summed E-state index contributed by atoms with van der Waals surface area (Å²) < 4.78 is 17.9. The Morgan fingerprint density at radius 1 is 0.966 bits per heavy atom. The highest BCUT2D eigenvalue weighted by Crippen LogP contribution is 2.37. The third-order valence-electron chi connectivity index (χ3n) is 5.10. The molecule has 1 heterocycles. The maximum Gasteiger partial charge on any atom is 0.348 e. The number of carbonyl (C=O) groups is 2. The van der Waals surface area contributed by atoms with Gasteiger partial charge in [-0.2, -0.15) is 0 Å². The van der Waals surface area contributed by atoms with Crippen LogP contribution in [0.1, 0.15) is 43.2 Å². The molecule has 6 heteroatoms. The summed E-state index contributed by atoms with van der Waals surface area (Å²) in [4.78, 5) is 25.0. The number of benzene rings is 2. The first-order valence-corrected chi connectivity index (χ1v) is 10.5. The Morgan fingerprint density at radius 3 is 2.34 bits per heavy atom. The van der Waals surface area contributed by atoms with Gasteiger partial charge in [0.25, 0.3) is 5.79 Å². The molecule has 1 aliphatic carbocycles. The van der Waals surface area contributed by atoms with Gasteiger partial charge >= 0.3 is 11.9 Å². The minimum atomic E-state index is -1.07. The summed E-state index contributed by atoms with van der Waals surface area (Å²) in [7, 11) is 0. The van der Waals surface area contributed by atoms with Crippen molar-refractivity contribution in [1.29, 1.82) is 0 Å². The van der Waals surface area contributed by atoms with Gasteiger partial charge in [0.1, 0.15) is 17.9 Å². The van der Waals surface area contributed by atoms with Crippen LogP contribution in [0.15, 0.2) is 58.6 Å². The van der Waals surface area contributed by atoms with Crippen molar-refractivity contribution in [2.45, 2.75) is 44.5 Å². The van der Waals surface area contributed by atoms with Gasteiger partial charge in [-0.1, -0.05) is 46.6 Å². The maximum atomic E-state index is 12.5.